The molecule has 1 aliphatic heterocycles. The highest BCUT2D eigenvalue weighted by atomic mass is 35.5. The number of ketones is 1. The molecule has 1 atom stereocenters. The van der Waals surface area contributed by atoms with E-state index in [-0.39, 0.29) is 16.7 Å². The summed E-state index contributed by atoms with van der Waals surface area (Å²) in [4.78, 5) is 28.4. The zero-order valence-electron chi connectivity index (χ0n) is 21.5. The second kappa shape index (κ2) is 10.3. The third-order valence-corrected chi connectivity index (χ3v) is 6.61. The lowest BCUT2D eigenvalue weighted by Gasteiger charge is -2.26. The number of halogens is 1. The predicted octanol–water partition coefficient (Wildman–Crippen LogP) is 6.67. The van der Waals surface area contributed by atoms with E-state index in [9.17, 15) is 14.7 Å². The maximum atomic E-state index is 13.5. The molecule has 192 valence electrons. The molecule has 6 nitrogen and oxygen atoms in total. The first kappa shape index (κ1) is 26.3. The lowest BCUT2D eigenvalue weighted by molar-refractivity contribution is -0.132. The van der Waals surface area contributed by atoms with Gasteiger partial charge < -0.3 is 14.6 Å². The Morgan fingerprint density at radius 2 is 1.73 bits per heavy atom. The van der Waals surface area contributed by atoms with Crippen molar-refractivity contribution in [1.29, 1.82) is 0 Å². The second-order valence-corrected chi connectivity index (χ2v) is 10.3. The molecule has 3 aromatic carbocycles. The van der Waals surface area contributed by atoms with E-state index in [1.54, 1.807) is 60.7 Å². The summed E-state index contributed by atoms with van der Waals surface area (Å²) in [6, 6.07) is 18.4. The van der Waals surface area contributed by atoms with Crippen molar-refractivity contribution in [2.75, 3.05) is 18.6 Å². The Morgan fingerprint density at radius 3 is 2.35 bits per heavy atom. The first-order valence-corrected chi connectivity index (χ1v) is 12.4. The number of carbonyl (C=O) groups is 2. The smallest absolute Gasteiger partial charge is 0.300 e. The summed E-state index contributed by atoms with van der Waals surface area (Å²) in [5, 5.41) is 12.2. The topological polar surface area (TPSA) is 76.1 Å². The van der Waals surface area contributed by atoms with Crippen LogP contribution in [0.5, 0.6) is 11.5 Å². The van der Waals surface area contributed by atoms with E-state index in [2.05, 4.69) is 20.8 Å². The summed E-state index contributed by atoms with van der Waals surface area (Å²) in [5.74, 6) is -0.854. The van der Waals surface area contributed by atoms with E-state index in [0.29, 0.717) is 39.9 Å². The van der Waals surface area contributed by atoms with Gasteiger partial charge in [0.1, 0.15) is 17.3 Å². The number of methoxy groups -OCH3 is 1. The molecule has 0 saturated carbocycles. The average Bonchev–Trinajstić information content (AvgIpc) is 3.14. The van der Waals surface area contributed by atoms with Crippen molar-refractivity contribution < 1.29 is 24.2 Å². The lowest BCUT2D eigenvalue weighted by Crippen LogP contribution is -2.29. The Balaban J connectivity index is 1.99. The molecule has 0 radical (unpaired) electrons. The molecule has 0 aromatic heterocycles. The van der Waals surface area contributed by atoms with Crippen molar-refractivity contribution in [2.24, 2.45) is 0 Å². The summed E-state index contributed by atoms with van der Waals surface area (Å²) in [5.41, 5.74) is 2.13. The van der Waals surface area contributed by atoms with Crippen molar-refractivity contribution in [1.82, 2.24) is 0 Å². The van der Waals surface area contributed by atoms with Gasteiger partial charge in [0.25, 0.3) is 11.7 Å². The molecule has 3 aromatic rings. The van der Waals surface area contributed by atoms with Gasteiger partial charge in [-0.1, -0.05) is 50.6 Å². The van der Waals surface area contributed by atoms with Crippen molar-refractivity contribution in [3.8, 4) is 11.5 Å². The monoisotopic (exact) mass is 519 g/mol. The zero-order valence-corrected chi connectivity index (χ0v) is 22.3. The Labute approximate surface area is 222 Å². The fourth-order valence-corrected chi connectivity index (χ4v) is 4.59. The Bertz CT molecular complexity index is 1370. The molecule has 1 heterocycles. The molecule has 0 aliphatic carbocycles. The number of rotatable bonds is 6. The van der Waals surface area contributed by atoms with E-state index in [1.807, 2.05) is 13.0 Å². The SMILES string of the molecule is CCOc1cccc(C2/C(=C(\O)c3cc(C(C)(C)C)ccc3OC)C(=O)C(=O)N2c2ccc(Cl)cc2)c1. The van der Waals surface area contributed by atoms with Crippen LogP contribution in [0.3, 0.4) is 0 Å². The maximum absolute atomic E-state index is 13.5. The third kappa shape index (κ3) is 5.07. The minimum absolute atomic E-state index is 0.0297. The number of anilines is 1. The largest absolute Gasteiger partial charge is 0.507 e. The summed E-state index contributed by atoms with van der Waals surface area (Å²) < 4.78 is 11.2. The highest BCUT2D eigenvalue weighted by Gasteiger charge is 2.47. The van der Waals surface area contributed by atoms with Crippen molar-refractivity contribution in [3.63, 3.8) is 0 Å². The fourth-order valence-electron chi connectivity index (χ4n) is 4.46. The molecule has 0 spiro atoms. The van der Waals surface area contributed by atoms with Crippen molar-refractivity contribution in [3.05, 3.63) is 94.0 Å². The van der Waals surface area contributed by atoms with Gasteiger partial charge in [-0.2, -0.15) is 0 Å². The van der Waals surface area contributed by atoms with Crippen molar-refractivity contribution in [2.45, 2.75) is 39.2 Å². The predicted molar refractivity (Wildman–Crippen MR) is 146 cm³/mol. The minimum atomic E-state index is -0.899. The summed E-state index contributed by atoms with van der Waals surface area (Å²) in [6.07, 6.45) is 0. The highest BCUT2D eigenvalue weighted by molar-refractivity contribution is 6.51. The molecule has 1 aliphatic rings. The van der Waals surface area contributed by atoms with E-state index in [1.165, 1.54) is 12.0 Å². The number of ether oxygens (including phenoxy) is 2. The number of amides is 1. The fraction of sp³-hybridized carbons (Fsp3) is 0.267. The van der Waals surface area contributed by atoms with Crippen LogP contribution < -0.4 is 14.4 Å². The van der Waals surface area contributed by atoms with Crippen LogP contribution in [0.1, 0.15) is 50.4 Å². The van der Waals surface area contributed by atoms with Crippen LogP contribution in [0, 0.1) is 0 Å². The number of hydrogen-bond donors (Lipinski definition) is 1. The van der Waals surface area contributed by atoms with Crippen LogP contribution in [-0.2, 0) is 15.0 Å². The average molecular weight is 520 g/mol. The van der Waals surface area contributed by atoms with Gasteiger partial charge >= 0.3 is 0 Å². The Hall–Kier alpha value is -3.77. The standard InChI is InChI=1S/C30H30ClNO5/c1-6-37-22-9-7-8-18(16-22)26-25(28(34)29(35)32(26)21-13-11-20(31)12-14-21)27(33)23-17-19(30(2,3)4)10-15-24(23)36-5/h7-17,26,33H,6H2,1-5H3/b27-25+. The van der Waals surface area contributed by atoms with Crippen LogP contribution in [-0.4, -0.2) is 30.5 Å². The maximum Gasteiger partial charge on any atom is 0.300 e. The molecule has 1 amide bonds. The van der Waals surface area contributed by atoms with Gasteiger partial charge in [-0.05, 0) is 72.0 Å². The molecule has 1 N–H and O–H groups in total. The number of carbonyl (C=O) groups excluding carboxylic acids is 2. The summed E-state index contributed by atoms with van der Waals surface area (Å²) >= 11 is 6.09. The number of benzene rings is 3. The van der Waals surface area contributed by atoms with Gasteiger partial charge in [-0.15, -0.1) is 0 Å². The second-order valence-electron chi connectivity index (χ2n) is 9.82. The van der Waals surface area contributed by atoms with Crippen LogP contribution in [0.15, 0.2) is 72.3 Å². The van der Waals surface area contributed by atoms with Crippen LogP contribution in [0.4, 0.5) is 5.69 Å². The van der Waals surface area contributed by atoms with Gasteiger partial charge in [0.05, 0.1) is 30.9 Å². The van der Waals surface area contributed by atoms with Gasteiger partial charge in [-0.3, -0.25) is 14.5 Å². The highest BCUT2D eigenvalue weighted by Crippen LogP contribution is 2.44. The Morgan fingerprint density at radius 1 is 1.03 bits per heavy atom. The summed E-state index contributed by atoms with van der Waals surface area (Å²) in [7, 11) is 1.50. The van der Waals surface area contributed by atoms with E-state index in [4.69, 9.17) is 21.1 Å². The van der Waals surface area contributed by atoms with Gasteiger partial charge in [0, 0.05) is 10.7 Å². The first-order valence-electron chi connectivity index (χ1n) is 12.0. The van der Waals surface area contributed by atoms with Gasteiger partial charge in [-0.25, -0.2) is 0 Å². The summed E-state index contributed by atoms with van der Waals surface area (Å²) in [6.45, 7) is 8.49. The normalized spacial score (nSPS) is 17.2. The quantitative estimate of drug-likeness (QED) is 0.223. The molecular weight excluding hydrogens is 490 g/mol. The molecular formula is C30H30ClNO5. The number of aliphatic hydroxyl groups excluding tert-OH is 1. The molecule has 4 rings (SSSR count). The van der Waals surface area contributed by atoms with E-state index < -0.39 is 17.7 Å². The molecule has 1 unspecified atom stereocenters. The Kier molecular flexibility index (Phi) is 7.32. The number of nitrogens with zero attached hydrogens (tertiary/aromatic N) is 1. The zero-order chi connectivity index (χ0) is 26.9. The van der Waals surface area contributed by atoms with Crippen LogP contribution in [0.25, 0.3) is 5.76 Å². The molecule has 1 saturated heterocycles. The van der Waals surface area contributed by atoms with Crippen molar-refractivity contribution >= 4 is 34.7 Å². The number of hydrogen-bond acceptors (Lipinski definition) is 5. The third-order valence-electron chi connectivity index (χ3n) is 6.35. The van der Waals surface area contributed by atoms with Crippen LogP contribution >= 0.6 is 11.6 Å². The van der Waals surface area contributed by atoms with Crippen LogP contribution in [0.2, 0.25) is 5.02 Å². The van der Waals surface area contributed by atoms with E-state index in [0.717, 1.165) is 5.56 Å². The van der Waals surface area contributed by atoms with Gasteiger partial charge in [0.2, 0.25) is 0 Å². The molecule has 1 fully saturated rings. The molecule has 0 bridgehead atoms. The molecule has 7 heteroatoms. The van der Waals surface area contributed by atoms with E-state index >= 15 is 0 Å². The first-order chi connectivity index (χ1) is 17.6. The number of aliphatic hydroxyl groups is 1. The number of Topliss-reactive ketones (excluding diaryl/α,β-unsaturated/α-hetero) is 1. The molecule has 37 heavy (non-hydrogen) atoms. The lowest BCUT2D eigenvalue weighted by atomic mass is 9.85. The van der Waals surface area contributed by atoms with Gasteiger partial charge in [0.15, 0.2) is 0 Å². The minimum Gasteiger partial charge on any atom is -0.507 e.